The number of benzene rings is 1. The Labute approximate surface area is 198 Å². The van der Waals surface area contributed by atoms with Crippen molar-refractivity contribution < 1.29 is 27.5 Å². The molecule has 11 heteroatoms. The molecule has 1 aromatic carbocycles. The fraction of sp³-hybridized carbons (Fsp3) is 0.500. The average molecular weight is 496 g/mol. The molecule has 33 heavy (non-hydrogen) atoms. The Hall–Kier alpha value is -2.50. The molecule has 1 heterocycles. The van der Waals surface area contributed by atoms with Gasteiger partial charge in [0.05, 0.1) is 12.7 Å². The highest BCUT2D eigenvalue weighted by Crippen LogP contribution is 2.30. The van der Waals surface area contributed by atoms with E-state index in [0.29, 0.717) is 5.13 Å². The predicted molar refractivity (Wildman–Crippen MR) is 125 cm³/mol. The maximum Gasteiger partial charge on any atom is 0.338 e. The molecule has 1 aliphatic rings. The number of ether oxygens (including phenoxy) is 2. The lowest BCUT2D eigenvalue weighted by molar-refractivity contribution is -0.127. The molecule has 1 atom stereocenters. The minimum absolute atomic E-state index is 0.00865. The van der Waals surface area contributed by atoms with Gasteiger partial charge in [0.2, 0.25) is 10.0 Å². The monoisotopic (exact) mass is 495 g/mol. The summed E-state index contributed by atoms with van der Waals surface area (Å²) in [5, 5.41) is 2.39. The molecule has 0 bridgehead atoms. The minimum atomic E-state index is -3.86. The van der Waals surface area contributed by atoms with Gasteiger partial charge in [0.25, 0.3) is 5.91 Å². The third kappa shape index (κ3) is 5.53. The summed E-state index contributed by atoms with van der Waals surface area (Å²) in [6.07, 6.45) is 5.51. The van der Waals surface area contributed by atoms with Gasteiger partial charge in [-0.25, -0.2) is 22.5 Å². The van der Waals surface area contributed by atoms with Gasteiger partial charge in [-0.3, -0.25) is 9.69 Å². The van der Waals surface area contributed by atoms with Crippen LogP contribution < -0.4 is 9.64 Å². The van der Waals surface area contributed by atoms with Gasteiger partial charge in [0.1, 0.15) is 10.6 Å². The first-order valence-electron chi connectivity index (χ1n) is 10.7. The van der Waals surface area contributed by atoms with Gasteiger partial charge in [-0.2, -0.15) is 0 Å². The number of thiazole rings is 1. The van der Waals surface area contributed by atoms with Gasteiger partial charge in [-0.1, -0.05) is 19.3 Å². The molecular weight excluding hydrogens is 466 g/mol. The number of anilines is 1. The van der Waals surface area contributed by atoms with E-state index in [-0.39, 0.29) is 28.2 Å². The Balaban J connectivity index is 1.82. The summed E-state index contributed by atoms with van der Waals surface area (Å²) in [5.74, 6) is -1.03. The second-order valence-corrected chi connectivity index (χ2v) is 11.0. The third-order valence-corrected chi connectivity index (χ3v) is 8.20. The Morgan fingerprint density at radius 2 is 1.88 bits per heavy atom. The number of carbonyl (C=O) groups excluding carboxylic acids is 2. The molecule has 0 spiro atoms. The van der Waals surface area contributed by atoms with Crippen molar-refractivity contribution >= 4 is 38.4 Å². The largest absolute Gasteiger partial charge is 0.495 e. The van der Waals surface area contributed by atoms with Crippen LogP contribution in [-0.4, -0.2) is 62.9 Å². The van der Waals surface area contributed by atoms with Crippen LogP contribution >= 0.6 is 11.3 Å². The van der Waals surface area contributed by atoms with Crippen LogP contribution in [0.4, 0.5) is 5.13 Å². The second-order valence-electron chi connectivity index (χ2n) is 8.02. The standard InChI is InChI=1S/C22H29N3O6S2/c1-15(20(26)25(22-23-12-13-32-22)17-8-6-5-7-9-17)31-21(27)16-10-11-18(30-4)19(14-16)33(28,29)24(2)3/h10-15,17H,5-9H2,1-4H3. The molecule has 0 aliphatic heterocycles. The van der Waals surface area contributed by atoms with Crippen molar-refractivity contribution in [2.24, 2.45) is 0 Å². The highest BCUT2D eigenvalue weighted by Gasteiger charge is 2.33. The van der Waals surface area contributed by atoms with E-state index in [1.165, 1.54) is 57.7 Å². The van der Waals surface area contributed by atoms with E-state index in [1.807, 2.05) is 0 Å². The molecule has 3 rings (SSSR count). The molecule has 1 unspecified atom stereocenters. The van der Waals surface area contributed by atoms with E-state index in [2.05, 4.69) is 4.98 Å². The van der Waals surface area contributed by atoms with E-state index in [0.717, 1.165) is 36.4 Å². The van der Waals surface area contributed by atoms with Gasteiger partial charge >= 0.3 is 5.97 Å². The van der Waals surface area contributed by atoms with Crippen molar-refractivity contribution in [3.63, 3.8) is 0 Å². The van der Waals surface area contributed by atoms with Gasteiger partial charge < -0.3 is 9.47 Å². The van der Waals surface area contributed by atoms with Crippen molar-refractivity contribution in [2.75, 3.05) is 26.1 Å². The van der Waals surface area contributed by atoms with Crippen LogP contribution in [0.15, 0.2) is 34.7 Å². The van der Waals surface area contributed by atoms with Crippen LogP contribution in [0.2, 0.25) is 0 Å². The van der Waals surface area contributed by atoms with Gasteiger partial charge in [-0.05, 0) is 38.0 Å². The zero-order chi connectivity index (χ0) is 24.2. The van der Waals surface area contributed by atoms with E-state index in [9.17, 15) is 18.0 Å². The van der Waals surface area contributed by atoms with Gasteiger partial charge in [0.15, 0.2) is 11.2 Å². The number of hydrogen-bond donors (Lipinski definition) is 0. The van der Waals surface area contributed by atoms with E-state index in [4.69, 9.17) is 9.47 Å². The van der Waals surface area contributed by atoms with Crippen LogP contribution in [0.3, 0.4) is 0 Å². The Morgan fingerprint density at radius 3 is 2.45 bits per heavy atom. The molecule has 2 aromatic rings. The SMILES string of the molecule is COc1ccc(C(=O)OC(C)C(=O)N(c2nccs2)C2CCCCC2)cc1S(=O)(=O)N(C)C. The molecule has 1 amide bonds. The number of methoxy groups -OCH3 is 1. The molecule has 0 saturated heterocycles. The number of nitrogens with zero attached hydrogens (tertiary/aromatic N) is 3. The molecule has 180 valence electrons. The highest BCUT2D eigenvalue weighted by molar-refractivity contribution is 7.89. The lowest BCUT2D eigenvalue weighted by Crippen LogP contribution is -2.47. The molecule has 1 fully saturated rings. The number of esters is 1. The molecule has 0 radical (unpaired) electrons. The van der Waals surface area contributed by atoms with Crippen LogP contribution in [-0.2, 0) is 19.6 Å². The van der Waals surface area contributed by atoms with Gasteiger partial charge in [0, 0.05) is 31.7 Å². The number of rotatable bonds is 8. The summed E-state index contributed by atoms with van der Waals surface area (Å²) < 4.78 is 36.9. The Bertz CT molecular complexity index is 1080. The lowest BCUT2D eigenvalue weighted by Gasteiger charge is -2.33. The predicted octanol–water partition coefficient (Wildman–Crippen LogP) is 3.31. The first-order chi connectivity index (χ1) is 15.7. The quantitative estimate of drug-likeness (QED) is 0.517. The molecule has 9 nitrogen and oxygen atoms in total. The summed E-state index contributed by atoms with van der Waals surface area (Å²) in [5.41, 5.74) is 0.00865. The number of aromatic nitrogens is 1. The Morgan fingerprint density at radius 1 is 1.18 bits per heavy atom. The van der Waals surface area contributed by atoms with E-state index < -0.39 is 22.1 Å². The molecule has 1 aromatic heterocycles. The summed E-state index contributed by atoms with van der Waals surface area (Å²) in [6, 6.07) is 4.01. The number of amides is 1. The van der Waals surface area contributed by atoms with Crippen LogP contribution in [0.5, 0.6) is 5.75 Å². The first kappa shape index (κ1) is 25.1. The van der Waals surface area contributed by atoms with Crippen molar-refractivity contribution in [3.8, 4) is 5.75 Å². The Kier molecular flexibility index (Phi) is 8.09. The van der Waals surface area contributed by atoms with Crippen LogP contribution in [0, 0.1) is 0 Å². The van der Waals surface area contributed by atoms with Crippen LogP contribution in [0.25, 0.3) is 0 Å². The van der Waals surface area contributed by atoms with Crippen molar-refractivity contribution in [1.29, 1.82) is 0 Å². The number of sulfonamides is 1. The average Bonchev–Trinajstić information content (AvgIpc) is 3.33. The highest BCUT2D eigenvalue weighted by atomic mass is 32.2. The first-order valence-corrected chi connectivity index (χ1v) is 13.0. The summed E-state index contributed by atoms with van der Waals surface area (Å²) in [6.45, 7) is 1.52. The van der Waals surface area contributed by atoms with Crippen molar-refractivity contribution in [2.45, 2.75) is 56.1 Å². The summed E-state index contributed by atoms with van der Waals surface area (Å²) in [4.78, 5) is 32.0. The van der Waals surface area contributed by atoms with E-state index in [1.54, 1.807) is 16.5 Å². The maximum atomic E-state index is 13.3. The fourth-order valence-electron chi connectivity index (χ4n) is 3.78. The maximum absolute atomic E-state index is 13.3. The molecular formula is C22H29N3O6S2. The molecule has 0 N–H and O–H groups in total. The molecule has 1 saturated carbocycles. The zero-order valence-electron chi connectivity index (χ0n) is 19.2. The van der Waals surface area contributed by atoms with Gasteiger partial charge in [-0.15, -0.1) is 11.3 Å². The number of hydrogen-bond acceptors (Lipinski definition) is 8. The normalized spacial score (nSPS) is 15.8. The van der Waals surface area contributed by atoms with E-state index >= 15 is 0 Å². The third-order valence-electron chi connectivity index (χ3n) is 5.59. The number of carbonyl (C=O) groups is 2. The second kappa shape index (κ2) is 10.6. The smallest absolute Gasteiger partial charge is 0.338 e. The van der Waals surface area contributed by atoms with Crippen molar-refractivity contribution in [3.05, 3.63) is 35.3 Å². The summed E-state index contributed by atoms with van der Waals surface area (Å²) >= 11 is 1.37. The molecule has 1 aliphatic carbocycles. The topological polar surface area (TPSA) is 106 Å². The minimum Gasteiger partial charge on any atom is -0.495 e. The van der Waals surface area contributed by atoms with Crippen molar-refractivity contribution in [1.82, 2.24) is 9.29 Å². The van der Waals surface area contributed by atoms with Crippen LogP contribution in [0.1, 0.15) is 49.4 Å². The summed E-state index contributed by atoms with van der Waals surface area (Å²) in [7, 11) is 0.265. The fourth-order valence-corrected chi connectivity index (χ4v) is 5.57. The lowest BCUT2D eigenvalue weighted by atomic mass is 9.94. The zero-order valence-corrected chi connectivity index (χ0v) is 20.8.